The first-order chi connectivity index (χ1) is 17.8. The molecule has 0 saturated carbocycles. The predicted octanol–water partition coefficient (Wildman–Crippen LogP) is 4.32. The zero-order chi connectivity index (χ0) is 24.3. The Hall–Kier alpha value is -3.60. The molecule has 5 heterocycles. The number of thiazole rings is 1. The average Bonchev–Trinajstić information content (AvgIpc) is 3.66. The van der Waals surface area contributed by atoms with E-state index < -0.39 is 0 Å². The number of aryl methyl sites for hydroxylation is 1. The van der Waals surface area contributed by atoms with Crippen LogP contribution in [0.1, 0.15) is 12.1 Å². The predicted molar refractivity (Wildman–Crippen MR) is 139 cm³/mol. The number of aromatic amines is 1. The number of nitrogens with one attached hydrogen (secondary N) is 1. The second-order valence-corrected chi connectivity index (χ2v) is 9.70. The molecular formula is C26H27N7O2S. The van der Waals surface area contributed by atoms with E-state index in [4.69, 9.17) is 19.6 Å². The maximum Gasteiger partial charge on any atom is 0.167 e. The maximum atomic E-state index is 6.12. The summed E-state index contributed by atoms with van der Waals surface area (Å²) >= 11 is 1.59. The quantitative estimate of drug-likeness (QED) is 0.317. The van der Waals surface area contributed by atoms with E-state index in [0.717, 1.165) is 82.9 Å². The lowest BCUT2D eigenvalue weighted by atomic mass is 10.1. The van der Waals surface area contributed by atoms with Gasteiger partial charge in [-0.25, -0.2) is 14.5 Å². The third-order valence-electron chi connectivity index (χ3n) is 6.29. The molecule has 1 aliphatic heterocycles. The Morgan fingerprint density at radius 2 is 2.00 bits per heavy atom. The molecule has 5 aromatic rings. The standard InChI is InChI=1S/C26H27N7O2S/c1-18-22(26-29-23(19-6-3-2-4-7-19)24(36-26)25-27-17-28-30-25)21-16-20(8-10-33(21)31-18)35-13-5-9-32-11-14-34-15-12-32/h2-4,6-8,10,16-17H,5,9,11-15H2,1H3,(H,27,28,30). The largest absolute Gasteiger partial charge is 0.493 e. The lowest BCUT2D eigenvalue weighted by molar-refractivity contribution is 0.0358. The Bertz CT molecular complexity index is 1440. The lowest BCUT2D eigenvalue weighted by Crippen LogP contribution is -2.37. The molecule has 36 heavy (non-hydrogen) atoms. The number of rotatable bonds is 8. The number of nitrogens with zero attached hydrogens (tertiary/aromatic N) is 6. The first-order valence-corrected chi connectivity index (χ1v) is 12.9. The topological polar surface area (TPSA) is 93.5 Å². The van der Waals surface area contributed by atoms with E-state index in [1.807, 2.05) is 41.9 Å². The maximum absolute atomic E-state index is 6.12. The number of ether oxygens (including phenoxy) is 2. The normalized spacial score (nSPS) is 14.5. The van der Waals surface area contributed by atoms with Gasteiger partial charge in [0.25, 0.3) is 0 Å². The third kappa shape index (κ3) is 4.62. The van der Waals surface area contributed by atoms with Gasteiger partial charge in [-0.3, -0.25) is 10.00 Å². The molecule has 1 N–H and O–H groups in total. The highest BCUT2D eigenvalue weighted by molar-refractivity contribution is 7.19. The van der Waals surface area contributed by atoms with Gasteiger partial charge in [0.1, 0.15) is 17.1 Å². The molecule has 1 aliphatic rings. The lowest BCUT2D eigenvalue weighted by Gasteiger charge is -2.26. The van der Waals surface area contributed by atoms with Crippen LogP contribution < -0.4 is 4.74 Å². The van der Waals surface area contributed by atoms with E-state index >= 15 is 0 Å². The summed E-state index contributed by atoms with van der Waals surface area (Å²) in [4.78, 5) is 12.8. The van der Waals surface area contributed by atoms with E-state index in [9.17, 15) is 0 Å². The number of morpholine rings is 1. The average molecular weight is 502 g/mol. The Morgan fingerprint density at radius 3 is 2.81 bits per heavy atom. The molecule has 1 saturated heterocycles. The van der Waals surface area contributed by atoms with Gasteiger partial charge in [0.2, 0.25) is 0 Å². The molecule has 0 spiro atoms. The van der Waals surface area contributed by atoms with Gasteiger partial charge in [-0.1, -0.05) is 30.3 Å². The van der Waals surface area contributed by atoms with Crippen molar-refractivity contribution < 1.29 is 9.47 Å². The minimum atomic E-state index is 0.668. The monoisotopic (exact) mass is 501 g/mol. The van der Waals surface area contributed by atoms with Crippen LogP contribution in [-0.4, -0.2) is 74.1 Å². The number of benzene rings is 1. The van der Waals surface area contributed by atoms with Crippen molar-refractivity contribution >= 4 is 16.9 Å². The van der Waals surface area contributed by atoms with Crippen molar-refractivity contribution in [3.05, 3.63) is 60.7 Å². The van der Waals surface area contributed by atoms with E-state index in [-0.39, 0.29) is 0 Å². The molecule has 4 aromatic heterocycles. The fraction of sp³-hybridized carbons (Fsp3) is 0.308. The van der Waals surface area contributed by atoms with Gasteiger partial charge in [0.05, 0.1) is 47.2 Å². The summed E-state index contributed by atoms with van der Waals surface area (Å²) in [7, 11) is 0. The van der Waals surface area contributed by atoms with Crippen molar-refractivity contribution in [2.24, 2.45) is 0 Å². The zero-order valence-corrected chi connectivity index (χ0v) is 20.9. The Labute approximate surface area is 212 Å². The molecule has 1 fully saturated rings. The Morgan fingerprint density at radius 1 is 1.14 bits per heavy atom. The number of hydrogen-bond donors (Lipinski definition) is 1. The van der Waals surface area contributed by atoms with Crippen molar-refractivity contribution in [2.45, 2.75) is 13.3 Å². The molecule has 1 aromatic carbocycles. The van der Waals surface area contributed by atoms with Gasteiger partial charge < -0.3 is 9.47 Å². The zero-order valence-electron chi connectivity index (χ0n) is 20.1. The number of aromatic nitrogens is 6. The van der Waals surface area contributed by atoms with E-state index in [2.05, 4.69) is 38.3 Å². The fourth-order valence-electron chi connectivity index (χ4n) is 4.50. The molecule has 0 unspecified atom stereocenters. The molecule has 0 atom stereocenters. The van der Waals surface area contributed by atoms with Gasteiger partial charge in [-0.15, -0.1) is 11.3 Å². The highest BCUT2D eigenvalue weighted by Crippen LogP contribution is 2.41. The molecule has 10 heteroatoms. The first kappa shape index (κ1) is 22.8. The van der Waals surface area contributed by atoms with Crippen molar-refractivity contribution in [3.63, 3.8) is 0 Å². The smallest absolute Gasteiger partial charge is 0.167 e. The van der Waals surface area contributed by atoms with Crippen molar-refractivity contribution in [1.82, 2.24) is 34.7 Å². The summed E-state index contributed by atoms with van der Waals surface area (Å²) in [6.07, 6.45) is 4.45. The van der Waals surface area contributed by atoms with Gasteiger partial charge in [0, 0.05) is 37.5 Å². The van der Waals surface area contributed by atoms with Crippen LogP contribution in [0.5, 0.6) is 5.75 Å². The van der Waals surface area contributed by atoms with Gasteiger partial charge in [-0.2, -0.15) is 10.2 Å². The van der Waals surface area contributed by atoms with Gasteiger partial charge in [0.15, 0.2) is 5.82 Å². The third-order valence-corrected chi connectivity index (χ3v) is 7.37. The van der Waals surface area contributed by atoms with E-state index in [1.165, 1.54) is 6.33 Å². The summed E-state index contributed by atoms with van der Waals surface area (Å²) in [5, 5.41) is 12.7. The highest BCUT2D eigenvalue weighted by atomic mass is 32.1. The molecule has 0 radical (unpaired) electrons. The highest BCUT2D eigenvalue weighted by Gasteiger charge is 2.22. The van der Waals surface area contributed by atoms with Gasteiger partial charge >= 0.3 is 0 Å². The van der Waals surface area contributed by atoms with E-state index in [1.54, 1.807) is 11.3 Å². The molecule has 0 amide bonds. The second-order valence-electron chi connectivity index (χ2n) is 8.71. The fourth-order valence-corrected chi connectivity index (χ4v) is 5.64. The van der Waals surface area contributed by atoms with Crippen LogP contribution in [0.2, 0.25) is 0 Å². The van der Waals surface area contributed by atoms with Crippen LogP contribution in [0.4, 0.5) is 0 Å². The summed E-state index contributed by atoms with van der Waals surface area (Å²) in [5.74, 6) is 1.54. The van der Waals surface area contributed by atoms with Crippen LogP contribution in [0.3, 0.4) is 0 Å². The SMILES string of the molecule is Cc1nn2ccc(OCCCN3CCOCC3)cc2c1-c1nc(-c2ccccc2)c(-c2ncn[nH]2)s1. The van der Waals surface area contributed by atoms with Crippen LogP contribution in [0, 0.1) is 6.92 Å². The van der Waals surface area contributed by atoms with E-state index in [0.29, 0.717) is 12.4 Å². The van der Waals surface area contributed by atoms with Crippen LogP contribution in [-0.2, 0) is 4.74 Å². The minimum absolute atomic E-state index is 0.668. The summed E-state index contributed by atoms with van der Waals surface area (Å²) in [5.41, 5.74) is 4.79. The van der Waals surface area contributed by atoms with Crippen LogP contribution in [0.25, 0.3) is 38.0 Å². The number of H-pyrrole nitrogens is 1. The van der Waals surface area contributed by atoms with Crippen molar-refractivity contribution in [3.8, 4) is 38.3 Å². The number of fused-ring (bicyclic) bond motifs is 1. The Balaban J connectivity index is 1.29. The molecule has 6 rings (SSSR count). The first-order valence-electron chi connectivity index (χ1n) is 12.1. The van der Waals surface area contributed by atoms with Crippen molar-refractivity contribution in [2.75, 3.05) is 39.5 Å². The molecule has 0 aliphatic carbocycles. The van der Waals surface area contributed by atoms with Crippen molar-refractivity contribution in [1.29, 1.82) is 0 Å². The van der Waals surface area contributed by atoms with Crippen LogP contribution in [0.15, 0.2) is 55.0 Å². The van der Waals surface area contributed by atoms with Gasteiger partial charge in [-0.05, 0) is 19.4 Å². The molecule has 9 nitrogen and oxygen atoms in total. The minimum Gasteiger partial charge on any atom is -0.493 e. The summed E-state index contributed by atoms with van der Waals surface area (Å²) in [6, 6.07) is 14.2. The molecule has 184 valence electrons. The van der Waals surface area contributed by atoms with Crippen LogP contribution >= 0.6 is 11.3 Å². The number of hydrogen-bond acceptors (Lipinski definition) is 8. The summed E-state index contributed by atoms with van der Waals surface area (Å²) < 4.78 is 13.4. The Kier molecular flexibility index (Phi) is 6.46. The summed E-state index contributed by atoms with van der Waals surface area (Å²) in [6.45, 7) is 7.35. The molecular weight excluding hydrogens is 474 g/mol. The molecule has 0 bridgehead atoms. The number of pyridine rings is 1. The second kappa shape index (κ2) is 10.2.